The van der Waals surface area contributed by atoms with Gasteiger partial charge in [-0.1, -0.05) is 36.4 Å². The van der Waals surface area contributed by atoms with E-state index in [1.54, 1.807) is 24.3 Å². The number of benzene rings is 3. The van der Waals surface area contributed by atoms with Crippen molar-refractivity contribution in [3.05, 3.63) is 88.3 Å². The SMILES string of the molecule is O=C(/C=C/c1ccc2c(c1)OCCO2)OCc1cc(=O)oc2ccc3ccccc3c12. The van der Waals surface area contributed by atoms with Crippen LogP contribution in [0.15, 0.2) is 76.0 Å². The van der Waals surface area contributed by atoms with Crippen LogP contribution >= 0.6 is 0 Å². The fourth-order valence-electron chi connectivity index (χ4n) is 3.66. The van der Waals surface area contributed by atoms with E-state index in [1.165, 1.54) is 12.1 Å². The molecule has 0 radical (unpaired) electrons. The predicted octanol–water partition coefficient (Wildman–Crippen LogP) is 4.47. The van der Waals surface area contributed by atoms with Crippen molar-refractivity contribution in [1.82, 2.24) is 0 Å². The van der Waals surface area contributed by atoms with Crippen LogP contribution in [0.25, 0.3) is 27.8 Å². The molecule has 1 aliphatic rings. The fraction of sp³-hybridized carbons (Fsp3) is 0.120. The number of esters is 1. The molecule has 0 atom stereocenters. The summed E-state index contributed by atoms with van der Waals surface area (Å²) in [6.45, 7) is 0.979. The van der Waals surface area contributed by atoms with Gasteiger partial charge in [-0.3, -0.25) is 0 Å². The lowest BCUT2D eigenvalue weighted by molar-refractivity contribution is -0.138. The van der Waals surface area contributed by atoms with Crippen LogP contribution < -0.4 is 15.1 Å². The fourth-order valence-corrected chi connectivity index (χ4v) is 3.66. The Labute approximate surface area is 177 Å². The van der Waals surface area contributed by atoms with Gasteiger partial charge in [0.2, 0.25) is 0 Å². The zero-order valence-electron chi connectivity index (χ0n) is 16.5. The van der Waals surface area contributed by atoms with Gasteiger partial charge in [0.1, 0.15) is 25.4 Å². The highest BCUT2D eigenvalue weighted by molar-refractivity contribution is 6.07. The van der Waals surface area contributed by atoms with Crippen LogP contribution in [0.2, 0.25) is 0 Å². The van der Waals surface area contributed by atoms with Gasteiger partial charge in [-0.15, -0.1) is 0 Å². The molecule has 0 N–H and O–H groups in total. The molecule has 1 aliphatic heterocycles. The summed E-state index contributed by atoms with van der Waals surface area (Å²) in [6.07, 6.45) is 2.99. The first kappa shape index (κ1) is 18.9. The van der Waals surface area contributed by atoms with E-state index in [-0.39, 0.29) is 6.61 Å². The highest BCUT2D eigenvalue weighted by Gasteiger charge is 2.12. The lowest BCUT2D eigenvalue weighted by Crippen LogP contribution is -2.15. The molecule has 3 aromatic carbocycles. The Kier molecular flexibility index (Phi) is 4.88. The molecule has 6 heteroatoms. The zero-order valence-corrected chi connectivity index (χ0v) is 16.5. The molecular weight excluding hydrogens is 396 g/mol. The average Bonchev–Trinajstić information content (AvgIpc) is 2.80. The van der Waals surface area contributed by atoms with Crippen LogP contribution in [0.5, 0.6) is 11.5 Å². The van der Waals surface area contributed by atoms with Gasteiger partial charge < -0.3 is 18.6 Å². The van der Waals surface area contributed by atoms with Crippen molar-refractivity contribution in [3.63, 3.8) is 0 Å². The zero-order chi connectivity index (χ0) is 21.2. The smallest absolute Gasteiger partial charge is 0.336 e. The number of hydrogen-bond acceptors (Lipinski definition) is 6. The van der Waals surface area contributed by atoms with Crippen molar-refractivity contribution in [1.29, 1.82) is 0 Å². The summed E-state index contributed by atoms with van der Waals surface area (Å²) < 4.78 is 21.8. The van der Waals surface area contributed by atoms with Gasteiger partial charge >= 0.3 is 11.6 Å². The molecule has 31 heavy (non-hydrogen) atoms. The highest BCUT2D eigenvalue weighted by atomic mass is 16.6. The second-order valence-electron chi connectivity index (χ2n) is 7.09. The van der Waals surface area contributed by atoms with Crippen LogP contribution in [0, 0.1) is 0 Å². The summed E-state index contributed by atoms with van der Waals surface area (Å²) in [4.78, 5) is 24.3. The van der Waals surface area contributed by atoms with Gasteiger partial charge in [-0.25, -0.2) is 9.59 Å². The molecule has 6 nitrogen and oxygen atoms in total. The van der Waals surface area contributed by atoms with Gasteiger partial charge in [0.25, 0.3) is 0 Å². The Bertz CT molecular complexity index is 1380. The van der Waals surface area contributed by atoms with E-state index in [2.05, 4.69) is 0 Å². The molecule has 5 rings (SSSR count). The number of carbonyl (C=O) groups is 1. The first-order chi connectivity index (χ1) is 15.2. The van der Waals surface area contributed by atoms with Crippen LogP contribution in [-0.4, -0.2) is 19.2 Å². The van der Waals surface area contributed by atoms with Gasteiger partial charge in [0, 0.05) is 23.1 Å². The maximum Gasteiger partial charge on any atom is 0.336 e. The largest absolute Gasteiger partial charge is 0.486 e. The first-order valence-electron chi connectivity index (χ1n) is 9.86. The Morgan fingerprint density at radius 3 is 2.71 bits per heavy atom. The van der Waals surface area contributed by atoms with Crippen LogP contribution in [0.3, 0.4) is 0 Å². The van der Waals surface area contributed by atoms with Crippen LogP contribution in [-0.2, 0) is 16.1 Å². The van der Waals surface area contributed by atoms with Crippen molar-refractivity contribution in [3.8, 4) is 11.5 Å². The van der Waals surface area contributed by atoms with Crippen molar-refractivity contribution in [2.75, 3.05) is 13.2 Å². The van der Waals surface area contributed by atoms with E-state index in [1.807, 2.05) is 36.4 Å². The van der Waals surface area contributed by atoms with Gasteiger partial charge in [0.05, 0.1) is 0 Å². The predicted molar refractivity (Wildman–Crippen MR) is 116 cm³/mol. The molecule has 2 heterocycles. The third-order valence-corrected chi connectivity index (χ3v) is 5.06. The molecular formula is C25H18O6. The topological polar surface area (TPSA) is 75.0 Å². The molecule has 0 spiro atoms. The van der Waals surface area contributed by atoms with Crippen molar-refractivity contribution in [2.45, 2.75) is 6.61 Å². The summed E-state index contributed by atoms with van der Waals surface area (Å²) in [5.41, 5.74) is 1.37. The van der Waals surface area contributed by atoms with E-state index in [0.29, 0.717) is 35.9 Å². The summed E-state index contributed by atoms with van der Waals surface area (Å²) in [5, 5.41) is 2.71. The van der Waals surface area contributed by atoms with Crippen molar-refractivity contribution < 1.29 is 23.4 Å². The maximum atomic E-state index is 12.3. The minimum atomic E-state index is -0.517. The Balaban J connectivity index is 1.37. The molecule has 0 amide bonds. The number of ether oxygens (including phenoxy) is 3. The van der Waals surface area contributed by atoms with Crippen molar-refractivity contribution >= 4 is 33.8 Å². The first-order valence-corrected chi connectivity index (χ1v) is 9.86. The molecule has 0 fully saturated rings. The third-order valence-electron chi connectivity index (χ3n) is 5.06. The summed E-state index contributed by atoms with van der Waals surface area (Å²) >= 11 is 0. The molecule has 4 aromatic rings. The van der Waals surface area contributed by atoms with E-state index in [9.17, 15) is 9.59 Å². The molecule has 0 saturated heterocycles. The minimum absolute atomic E-state index is 0.0413. The second-order valence-corrected chi connectivity index (χ2v) is 7.09. The van der Waals surface area contributed by atoms with Crippen LogP contribution in [0.4, 0.5) is 0 Å². The standard InChI is InChI=1S/C25H18O6/c26-23(10-6-16-5-8-20-22(13-16)29-12-11-28-20)30-15-18-14-24(27)31-21-9-7-17-3-1-2-4-19(17)25(18)21/h1-10,13-14H,11-12,15H2/b10-6+. The molecule has 0 bridgehead atoms. The highest BCUT2D eigenvalue weighted by Crippen LogP contribution is 2.31. The molecule has 0 unspecified atom stereocenters. The quantitative estimate of drug-likeness (QED) is 0.212. The van der Waals surface area contributed by atoms with Crippen LogP contribution in [0.1, 0.15) is 11.1 Å². The number of hydrogen-bond donors (Lipinski definition) is 0. The summed E-state index contributed by atoms with van der Waals surface area (Å²) in [5.74, 6) is 0.820. The van der Waals surface area contributed by atoms with Gasteiger partial charge in [-0.2, -0.15) is 0 Å². The van der Waals surface area contributed by atoms with E-state index in [0.717, 1.165) is 21.7 Å². The number of rotatable bonds is 4. The maximum absolute atomic E-state index is 12.3. The van der Waals surface area contributed by atoms with E-state index >= 15 is 0 Å². The Hall–Kier alpha value is -4.06. The number of fused-ring (bicyclic) bond motifs is 4. The Morgan fingerprint density at radius 2 is 1.81 bits per heavy atom. The Morgan fingerprint density at radius 1 is 0.968 bits per heavy atom. The minimum Gasteiger partial charge on any atom is -0.486 e. The van der Waals surface area contributed by atoms with Gasteiger partial charge in [0.15, 0.2) is 11.5 Å². The van der Waals surface area contributed by atoms with Crippen molar-refractivity contribution in [2.24, 2.45) is 0 Å². The molecule has 154 valence electrons. The average molecular weight is 414 g/mol. The third kappa shape index (κ3) is 3.88. The lowest BCUT2D eigenvalue weighted by atomic mass is 10.0. The lowest BCUT2D eigenvalue weighted by Gasteiger charge is -2.18. The summed E-state index contributed by atoms with van der Waals surface area (Å²) in [7, 11) is 0. The summed E-state index contributed by atoms with van der Waals surface area (Å²) in [6, 6.07) is 18.2. The monoisotopic (exact) mass is 414 g/mol. The second kappa shape index (κ2) is 7.99. The van der Waals surface area contributed by atoms with E-state index < -0.39 is 11.6 Å². The molecule has 1 aromatic heterocycles. The number of carbonyl (C=O) groups excluding carboxylic acids is 1. The molecule has 0 aliphatic carbocycles. The normalized spacial score (nSPS) is 13.0. The molecule has 0 saturated carbocycles. The van der Waals surface area contributed by atoms with E-state index in [4.69, 9.17) is 18.6 Å². The van der Waals surface area contributed by atoms with Gasteiger partial charge in [-0.05, 0) is 40.6 Å².